The van der Waals surface area contributed by atoms with Crippen LogP contribution in [0.5, 0.6) is 11.5 Å². The molecule has 0 aliphatic carbocycles. The summed E-state index contributed by atoms with van der Waals surface area (Å²) >= 11 is 0. The van der Waals surface area contributed by atoms with Crippen molar-refractivity contribution in [2.45, 2.75) is 13.3 Å². The minimum absolute atomic E-state index is 0.160. The SMILES string of the molecule is COc1ccc(OC)c(NC(=O)CCNC(C)=O)c1. The lowest BCUT2D eigenvalue weighted by atomic mass is 10.2. The van der Waals surface area contributed by atoms with E-state index in [9.17, 15) is 9.59 Å². The highest BCUT2D eigenvalue weighted by Crippen LogP contribution is 2.28. The van der Waals surface area contributed by atoms with Gasteiger partial charge in [0.25, 0.3) is 0 Å². The minimum Gasteiger partial charge on any atom is -0.497 e. The van der Waals surface area contributed by atoms with Gasteiger partial charge in [-0.3, -0.25) is 9.59 Å². The van der Waals surface area contributed by atoms with Gasteiger partial charge in [-0.2, -0.15) is 0 Å². The molecule has 0 unspecified atom stereocenters. The fourth-order valence-electron chi connectivity index (χ4n) is 1.48. The molecule has 0 heterocycles. The van der Waals surface area contributed by atoms with Crippen molar-refractivity contribution in [3.63, 3.8) is 0 Å². The topological polar surface area (TPSA) is 76.7 Å². The third-order valence-electron chi connectivity index (χ3n) is 2.41. The van der Waals surface area contributed by atoms with Crippen molar-refractivity contribution in [1.82, 2.24) is 5.32 Å². The van der Waals surface area contributed by atoms with Crippen molar-refractivity contribution in [3.8, 4) is 11.5 Å². The lowest BCUT2D eigenvalue weighted by molar-refractivity contribution is -0.119. The molecular formula is C13H18N2O4. The molecule has 2 amide bonds. The van der Waals surface area contributed by atoms with E-state index in [4.69, 9.17) is 9.47 Å². The van der Waals surface area contributed by atoms with E-state index in [0.29, 0.717) is 23.7 Å². The number of methoxy groups -OCH3 is 2. The third-order valence-corrected chi connectivity index (χ3v) is 2.41. The first-order chi connectivity index (χ1) is 9.06. The molecule has 0 bridgehead atoms. The predicted octanol–water partition coefficient (Wildman–Crippen LogP) is 1.17. The van der Waals surface area contributed by atoms with Crippen LogP contribution in [-0.2, 0) is 9.59 Å². The van der Waals surface area contributed by atoms with Crippen LogP contribution in [0.4, 0.5) is 5.69 Å². The number of ether oxygens (including phenoxy) is 2. The molecular weight excluding hydrogens is 248 g/mol. The Morgan fingerprint density at radius 1 is 1.21 bits per heavy atom. The molecule has 1 rings (SSSR count). The Morgan fingerprint density at radius 3 is 2.53 bits per heavy atom. The van der Waals surface area contributed by atoms with E-state index in [-0.39, 0.29) is 18.2 Å². The maximum Gasteiger partial charge on any atom is 0.226 e. The maximum absolute atomic E-state index is 11.7. The molecule has 0 atom stereocenters. The predicted molar refractivity (Wildman–Crippen MR) is 71.5 cm³/mol. The van der Waals surface area contributed by atoms with Gasteiger partial charge in [0.15, 0.2) is 0 Å². The van der Waals surface area contributed by atoms with E-state index >= 15 is 0 Å². The zero-order chi connectivity index (χ0) is 14.3. The molecule has 2 N–H and O–H groups in total. The Bertz CT molecular complexity index is 460. The van der Waals surface area contributed by atoms with E-state index in [1.807, 2.05) is 0 Å². The molecule has 0 spiro atoms. The van der Waals surface area contributed by atoms with E-state index in [1.165, 1.54) is 14.0 Å². The van der Waals surface area contributed by atoms with Gasteiger partial charge in [0.05, 0.1) is 19.9 Å². The molecule has 1 aromatic rings. The monoisotopic (exact) mass is 266 g/mol. The smallest absolute Gasteiger partial charge is 0.226 e. The van der Waals surface area contributed by atoms with Crippen molar-refractivity contribution in [1.29, 1.82) is 0 Å². The first kappa shape index (κ1) is 14.8. The summed E-state index contributed by atoms with van der Waals surface area (Å²) in [5, 5.41) is 5.27. The standard InChI is InChI=1S/C13H18N2O4/c1-9(16)14-7-6-13(17)15-11-8-10(18-2)4-5-12(11)19-3/h4-5,8H,6-7H2,1-3H3,(H,14,16)(H,15,17). The van der Waals surface area contributed by atoms with Gasteiger partial charge in [-0.05, 0) is 12.1 Å². The lowest BCUT2D eigenvalue weighted by Crippen LogP contribution is -2.25. The Labute approximate surface area is 112 Å². The average Bonchev–Trinajstić information content (AvgIpc) is 2.38. The van der Waals surface area contributed by atoms with Gasteiger partial charge in [0.1, 0.15) is 11.5 Å². The molecule has 0 aliphatic rings. The Hall–Kier alpha value is -2.24. The largest absolute Gasteiger partial charge is 0.497 e. The summed E-state index contributed by atoms with van der Waals surface area (Å²) in [6, 6.07) is 5.13. The number of carbonyl (C=O) groups excluding carboxylic acids is 2. The quantitative estimate of drug-likeness (QED) is 0.810. The summed E-state index contributed by atoms with van der Waals surface area (Å²) < 4.78 is 10.2. The first-order valence-electron chi connectivity index (χ1n) is 5.83. The molecule has 0 aliphatic heterocycles. The summed E-state index contributed by atoms with van der Waals surface area (Å²) in [6.45, 7) is 1.70. The summed E-state index contributed by atoms with van der Waals surface area (Å²) in [7, 11) is 3.07. The Kier molecular flexibility index (Phi) is 5.66. The maximum atomic E-state index is 11.7. The summed E-state index contributed by atoms with van der Waals surface area (Å²) in [5.41, 5.74) is 0.537. The molecule has 0 saturated heterocycles. The lowest BCUT2D eigenvalue weighted by Gasteiger charge is -2.11. The highest BCUT2D eigenvalue weighted by Gasteiger charge is 2.09. The molecule has 104 valence electrons. The van der Waals surface area contributed by atoms with Crippen LogP contribution >= 0.6 is 0 Å². The van der Waals surface area contributed by atoms with Gasteiger partial charge >= 0.3 is 0 Å². The summed E-state index contributed by atoms with van der Waals surface area (Å²) in [6.07, 6.45) is 0.194. The van der Waals surface area contributed by atoms with Crippen molar-refractivity contribution in [3.05, 3.63) is 18.2 Å². The summed E-state index contributed by atoms with van der Waals surface area (Å²) in [4.78, 5) is 22.4. The van der Waals surface area contributed by atoms with Gasteiger partial charge in [0.2, 0.25) is 11.8 Å². The molecule has 1 aromatic carbocycles. The van der Waals surface area contributed by atoms with E-state index in [1.54, 1.807) is 25.3 Å². The van der Waals surface area contributed by atoms with Crippen LogP contribution in [-0.4, -0.2) is 32.6 Å². The fourth-order valence-corrected chi connectivity index (χ4v) is 1.48. The molecule has 6 heteroatoms. The van der Waals surface area contributed by atoms with Crippen LogP contribution in [0.15, 0.2) is 18.2 Å². The van der Waals surface area contributed by atoms with Crippen molar-refractivity contribution in [2.75, 3.05) is 26.1 Å². The summed E-state index contributed by atoms with van der Waals surface area (Å²) in [5.74, 6) is 0.804. The van der Waals surface area contributed by atoms with Crippen molar-refractivity contribution in [2.24, 2.45) is 0 Å². The fraction of sp³-hybridized carbons (Fsp3) is 0.385. The van der Waals surface area contributed by atoms with E-state index in [2.05, 4.69) is 10.6 Å². The number of anilines is 1. The Morgan fingerprint density at radius 2 is 1.95 bits per heavy atom. The second-order valence-electron chi connectivity index (χ2n) is 3.85. The molecule has 6 nitrogen and oxygen atoms in total. The second-order valence-corrected chi connectivity index (χ2v) is 3.85. The van der Waals surface area contributed by atoms with Gasteiger partial charge < -0.3 is 20.1 Å². The zero-order valence-corrected chi connectivity index (χ0v) is 11.3. The van der Waals surface area contributed by atoms with Crippen molar-refractivity contribution >= 4 is 17.5 Å². The van der Waals surface area contributed by atoms with Crippen LogP contribution in [0, 0.1) is 0 Å². The van der Waals surface area contributed by atoms with E-state index in [0.717, 1.165) is 0 Å². The number of hydrogen-bond acceptors (Lipinski definition) is 4. The van der Waals surface area contributed by atoms with E-state index < -0.39 is 0 Å². The van der Waals surface area contributed by atoms with Crippen molar-refractivity contribution < 1.29 is 19.1 Å². The van der Waals surface area contributed by atoms with Crippen LogP contribution < -0.4 is 20.1 Å². The van der Waals surface area contributed by atoms with Gasteiger partial charge in [-0.15, -0.1) is 0 Å². The van der Waals surface area contributed by atoms with Gasteiger partial charge in [-0.25, -0.2) is 0 Å². The highest BCUT2D eigenvalue weighted by atomic mass is 16.5. The van der Waals surface area contributed by atoms with Crippen LogP contribution in [0.2, 0.25) is 0 Å². The zero-order valence-electron chi connectivity index (χ0n) is 11.3. The van der Waals surface area contributed by atoms with Crippen LogP contribution in [0.3, 0.4) is 0 Å². The minimum atomic E-state index is -0.208. The number of hydrogen-bond donors (Lipinski definition) is 2. The molecule has 0 radical (unpaired) electrons. The van der Waals surface area contributed by atoms with Gasteiger partial charge in [0, 0.05) is 26.0 Å². The number of amides is 2. The molecule has 0 saturated carbocycles. The third kappa shape index (κ3) is 4.87. The number of carbonyl (C=O) groups is 2. The first-order valence-corrected chi connectivity index (χ1v) is 5.83. The molecule has 0 aromatic heterocycles. The van der Waals surface area contributed by atoms with Gasteiger partial charge in [-0.1, -0.05) is 0 Å². The molecule has 0 fully saturated rings. The highest BCUT2D eigenvalue weighted by molar-refractivity contribution is 5.92. The second kappa shape index (κ2) is 7.25. The normalized spacial score (nSPS) is 9.63. The number of nitrogens with one attached hydrogen (secondary N) is 2. The average molecular weight is 266 g/mol. The van der Waals surface area contributed by atoms with Crippen LogP contribution in [0.25, 0.3) is 0 Å². The molecule has 19 heavy (non-hydrogen) atoms. The number of rotatable bonds is 6. The number of benzene rings is 1. The van der Waals surface area contributed by atoms with Crippen LogP contribution in [0.1, 0.15) is 13.3 Å². The Balaban J connectivity index is 2.64.